The summed E-state index contributed by atoms with van der Waals surface area (Å²) in [6.45, 7) is 6.02. The van der Waals surface area contributed by atoms with Gasteiger partial charge in [-0.25, -0.2) is 8.42 Å². The number of rotatable bonds is 4. The molecular formula is C17H26N2O2S. The van der Waals surface area contributed by atoms with Crippen molar-refractivity contribution in [3.05, 3.63) is 29.8 Å². The summed E-state index contributed by atoms with van der Waals surface area (Å²) in [7, 11) is -3.38. The average Bonchev–Trinajstić information content (AvgIpc) is 2.80. The van der Waals surface area contributed by atoms with Gasteiger partial charge in [-0.3, -0.25) is 0 Å². The zero-order valence-electron chi connectivity index (χ0n) is 13.5. The van der Waals surface area contributed by atoms with Gasteiger partial charge in [0.25, 0.3) is 0 Å². The van der Waals surface area contributed by atoms with Crippen LogP contribution in [0.2, 0.25) is 0 Å². The van der Waals surface area contributed by atoms with E-state index in [1.807, 2.05) is 12.1 Å². The largest absolute Gasteiger partial charge is 0.315 e. The summed E-state index contributed by atoms with van der Waals surface area (Å²) in [6.07, 6.45) is 3.95. The van der Waals surface area contributed by atoms with Crippen LogP contribution in [0.4, 0.5) is 0 Å². The van der Waals surface area contributed by atoms with Crippen LogP contribution in [0.25, 0.3) is 0 Å². The van der Waals surface area contributed by atoms with Gasteiger partial charge in [0.05, 0.1) is 4.90 Å². The topological polar surface area (TPSA) is 49.4 Å². The second-order valence-corrected chi connectivity index (χ2v) is 8.43. The van der Waals surface area contributed by atoms with E-state index in [1.54, 1.807) is 16.4 Å². The number of nitrogens with one attached hydrogen (secondary N) is 1. The van der Waals surface area contributed by atoms with Gasteiger partial charge in [0, 0.05) is 18.6 Å². The highest BCUT2D eigenvalue weighted by Crippen LogP contribution is 2.34. The summed E-state index contributed by atoms with van der Waals surface area (Å²) in [6, 6.07) is 7.80. The molecule has 0 aliphatic carbocycles. The summed E-state index contributed by atoms with van der Waals surface area (Å²) < 4.78 is 27.9. The maximum Gasteiger partial charge on any atom is 0.243 e. The number of hydrogen-bond donors (Lipinski definition) is 1. The first kappa shape index (κ1) is 16.0. The van der Waals surface area contributed by atoms with Crippen LogP contribution in [0, 0.1) is 0 Å². The Morgan fingerprint density at radius 2 is 1.86 bits per heavy atom. The first-order chi connectivity index (χ1) is 10.5. The summed E-state index contributed by atoms with van der Waals surface area (Å²) in [4.78, 5) is 0.443. The van der Waals surface area contributed by atoms with Gasteiger partial charge < -0.3 is 5.32 Å². The van der Waals surface area contributed by atoms with E-state index in [9.17, 15) is 8.42 Å². The lowest BCUT2D eigenvalue weighted by Gasteiger charge is -2.27. The van der Waals surface area contributed by atoms with Crippen molar-refractivity contribution in [2.24, 2.45) is 0 Å². The van der Waals surface area contributed by atoms with E-state index in [-0.39, 0.29) is 12.1 Å². The van der Waals surface area contributed by atoms with E-state index in [0.717, 1.165) is 38.8 Å². The fraction of sp³-hybridized carbons (Fsp3) is 0.647. The molecule has 0 amide bonds. The molecule has 2 bridgehead atoms. The molecule has 2 aliphatic rings. The first-order valence-corrected chi connectivity index (χ1v) is 9.82. The average molecular weight is 322 g/mol. The second kappa shape index (κ2) is 6.30. The second-order valence-electron chi connectivity index (χ2n) is 6.59. The lowest BCUT2D eigenvalue weighted by atomic mass is 9.99. The number of fused-ring (bicyclic) bond motifs is 2. The lowest BCUT2D eigenvalue weighted by molar-refractivity contribution is 0.334. The Morgan fingerprint density at radius 3 is 2.55 bits per heavy atom. The molecule has 2 saturated heterocycles. The van der Waals surface area contributed by atoms with Crippen LogP contribution >= 0.6 is 0 Å². The monoisotopic (exact) mass is 322 g/mol. The molecule has 2 heterocycles. The van der Waals surface area contributed by atoms with E-state index in [4.69, 9.17) is 0 Å². The van der Waals surface area contributed by atoms with Crippen LogP contribution in [-0.4, -0.2) is 37.9 Å². The maximum absolute atomic E-state index is 13.0. The molecule has 3 unspecified atom stereocenters. The highest BCUT2D eigenvalue weighted by Gasteiger charge is 2.42. The number of benzene rings is 1. The fourth-order valence-electron chi connectivity index (χ4n) is 3.66. The molecule has 3 rings (SSSR count). The van der Waals surface area contributed by atoms with Crippen molar-refractivity contribution < 1.29 is 8.42 Å². The Kier molecular flexibility index (Phi) is 4.57. The molecule has 2 fully saturated rings. The third kappa shape index (κ3) is 2.82. The quantitative estimate of drug-likeness (QED) is 0.927. The molecule has 5 heteroatoms. The molecule has 2 aliphatic heterocycles. The van der Waals surface area contributed by atoms with E-state index in [2.05, 4.69) is 19.2 Å². The lowest BCUT2D eigenvalue weighted by Crippen LogP contribution is -2.42. The Bertz CT molecular complexity index is 598. The molecular weight excluding hydrogens is 296 g/mol. The van der Waals surface area contributed by atoms with Gasteiger partial charge in [0.1, 0.15) is 0 Å². The van der Waals surface area contributed by atoms with Crippen LogP contribution in [0.15, 0.2) is 29.2 Å². The van der Waals surface area contributed by atoms with Gasteiger partial charge in [-0.05, 0) is 55.8 Å². The van der Waals surface area contributed by atoms with E-state index in [1.165, 1.54) is 5.56 Å². The minimum atomic E-state index is -3.38. The van der Waals surface area contributed by atoms with Gasteiger partial charge in [0.15, 0.2) is 0 Å². The molecule has 1 aromatic carbocycles. The van der Waals surface area contributed by atoms with Crippen LogP contribution < -0.4 is 5.32 Å². The van der Waals surface area contributed by atoms with Crippen molar-refractivity contribution in [1.29, 1.82) is 0 Å². The molecule has 0 saturated carbocycles. The minimum absolute atomic E-state index is 0.117. The van der Waals surface area contributed by atoms with Crippen LogP contribution in [-0.2, 0) is 10.0 Å². The molecule has 1 N–H and O–H groups in total. The highest BCUT2D eigenvalue weighted by molar-refractivity contribution is 7.89. The van der Waals surface area contributed by atoms with Gasteiger partial charge in [-0.2, -0.15) is 4.31 Å². The van der Waals surface area contributed by atoms with Crippen LogP contribution in [0.5, 0.6) is 0 Å². The van der Waals surface area contributed by atoms with Gasteiger partial charge in [-0.15, -0.1) is 0 Å². The molecule has 122 valence electrons. The zero-order valence-corrected chi connectivity index (χ0v) is 14.3. The third-order valence-electron chi connectivity index (χ3n) is 5.22. The fourth-order valence-corrected chi connectivity index (χ4v) is 5.56. The molecule has 0 radical (unpaired) electrons. The highest BCUT2D eigenvalue weighted by atomic mass is 32.2. The summed E-state index contributed by atoms with van der Waals surface area (Å²) >= 11 is 0. The van der Waals surface area contributed by atoms with Crippen molar-refractivity contribution in [3.63, 3.8) is 0 Å². The summed E-state index contributed by atoms with van der Waals surface area (Å²) in [5, 5.41) is 3.36. The Morgan fingerprint density at radius 1 is 1.18 bits per heavy atom. The molecule has 22 heavy (non-hydrogen) atoms. The number of hydrogen-bond acceptors (Lipinski definition) is 3. The molecule has 4 nitrogen and oxygen atoms in total. The zero-order chi connectivity index (χ0) is 15.7. The third-order valence-corrected chi connectivity index (χ3v) is 7.24. The van der Waals surface area contributed by atoms with Crippen LogP contribution in [0.1, 0.15) is 51.0 Å². The van der Waals surface area contributed by atoms with Crippen molar-refractivity contribution in [2.45, 2.75) is 62.4 Å². The van der Waals surface area contributed by atoms with E-state index < -0.39 is 10.0 Å². The maximum atomic E-state index is 13.0. The van der Waals surface area contributed by atoms with Gasteiger partial charge in [-0.1, -0.05) is 26.0 Å². The minimum Gasteiger partial charge on any atom is -0.315 e. The Balaban J connectivity index is 1.89. The van der Waals surface area contributed by atoms with Crippen molar-refractivity contribution in [2.75, 3.05) is 13.1 Å². The van der Waals surface area contributed by atoms with E-state index >= 15 is 0 Å². The summed E-state index contributed by atoms with van der Waals surface area (Å²) in [5.41, 5.74) is 1.21. The van der Waals surface area contributed by atoms with Gasteiger partial charge >= 0.3 is 0 Å². The standard InChI is InChI=1S/C17H26N2O2S/c1-3-13(2)14-4-8-17(9-5-14)22(20,21)19-15-6-7-16(19)12-18-11-10-15/h4-5,8-9,13,15-16,18H,3,6-7,10-12H2,1-2H3. The van der Waals surface area contributed by atoms with Crippen molar-refractivity contribution >= 4 is 10.0 Å². The number of nitrogens with zero attached hydrogens (tertiary/aromatic N) is 1. The normalized spacial score (nSPS) is 27.5. The first-order valence-electron chi connectivity index (χ1n) is 8.38. The summed E-state index contributed by atoms with van der Waals surface area (Å²) in [5.74, 6) is 0.468. The van der Waals surface area contributed by atoms with Crippen molar-refractivity contribution in [1.82, 2.24) is 9.62 Å². The smallest absolute Gasteiger partial charge is 0.243 e. The SMILES string of the molecule is CCC(C)c1ccc(S(=O)(=O)N2C3CCNCC2CC3)cc1. The molecule has 3 atom stereocenters. The Hall–Kier alpha value is -0.910. The van der Waals surface area contributed by atoms with Crippen molar-refractivity contribution in [3.8, 4) is 0 Å². The van der Waals surface area contributed by atoms with E-state index in [0.29, 0.717) is 10.8 Å². The van der Waals surface area contributed by atoms with Crippen LogP contribution in [0.3, 0.4) is 0 Å². The van der Waals surface area contributed by atoms with Gasteiger partial charge in [0.2, 0.25) is 10.0 Å². The predicted octanol–water partition coefficient (Wildman–Crippen LogP) is 2.72. The molecule has 0 spiro atoms. The molecule has 0 aromatic heterocycles. The predicted molar refractivity (Wildman–Crippen MR) is 88.5 cm³/mol. The Labute approximate surface area is 134 Å². The molecule has 1 aromatic rings. The number of sulfonamides is 1.